The minimum Gasteiger partial charge on any atom is -0.360 e. The van der Waals surface area contributed by atoms with E-state index in [1.54, 1.807) is 6.20 Å². The molecule has 3 heteroatoms. The molecule has 1 aliphatic rings. The fourth-order valence-corrected chi connectivity index (χ4v) is 1.79. The summed E-state index contributed by atoms with van der Waals surface area (Å²) in [6.45, 7) is 0. The van der Waals surface area contributed by atoms with Crippen LogP contribution in [-0.2, 0) is 0 Å². The fraction of sp³-hybridized carbons (Fsp3) is 0.0833. The molecule has 0 amide bonds. The van der Waals surface area contributed by atoms with Gasteiger partial charge in [0, 0.05) is 6.20 Å². The van der Waals surface area contributed by atoms with E-state index in [-0.39, 0.29) is 6.17 Å². The summed E-state index contributed by atoms with van der Waals surface area (Å²) in [7, 11) is 0. The van der Waals surface area contributed by atoms with Gasteiger partial charge in [-0.25, -0.2) is 0 Å². The van der Waals surface area contributed by atoms with Gasteiger partial charge in [0.05, 0.1) is 17.6 Å². The van der Waals surface area contributed by atoms with Gasteiger partial charge in [0.15, 0.2) is 0 Å². The summed E-state index contributed by atoms with van der Waals surface area (Å²) in [5.74, 6) is 0. The van der Waals surface area contributed by atoms with Crippen LogP contribution in [0, 0.1) is 0 Å². The van der Waals surface area contributed by atoms with Crippen molar-refractivity contribution in [3.8, 4) is 0 Å². The van der Waals surface area contributed by atoms with Crippen LogP contribution in [0.2, 0.25) is 0 Å². The first-order valence-corrected chi connectivity index (χ1v) is 4.95. The van der Waals surface area contributed by atoms with Crippen LogP contribution in [-0.4, -0.2) is 4.98 Å². The number of fused-ring (bicyclic) bond motifs is 1. The molecule has 74 valence electrons. The molecule has 0 radical (unpaired) electrons. The Morgan fingerprint density at radius 1 is 0.933 bits per heavy atom. The first-order valence-electron chi connectivity index (χ1n) is 4.95. The molecular weight excluding hydrogens is 186 g/mol. The summed E-state index contributed by atoms with van der Waals surface area (Å²) in [6.07, 6.45) is 3.79. The van der Waals surface area contributed by atoms with Crippen LogP contribution in [0.3, 0.4) is 0 Å². The smallest absolute Gasteiger partial charge is 0.123 e. The van der Waals surface area contributed by atoms with E-state index in [2.05, 4.69) is 27.8 Å². The van der Waals surface area contributed by atoms with E-state index in [0.29, 0.717) is 0 Å². The number of rotatable bonds is 1. The fourth-order valence-electron chi connectivity index (χ4n) is 1.79. The lowest BCUT2D eigenvalue weighted by molar-refractivity contribution is 0.941. The average Bonchev–Trinajstić information content (AvgIpc) is 2.74. The van der Waals surface area contributed by atoms with Crippen molar-refractivity contribution in [2.24, 2.45) is 0 Å². The molecule has 0 spiro atoms. The number of nitrogens with zero attached hydrogens (tertiary/aromatic N) is 1. The second-order valence-corrected chi connectivity index (χ2v) is 3.55. The van der Waals surface area contributed by atoms with Gasteiger partial charge in [0.25, 0.3) is 0 Å². The Morgan fingerprint density at radius 3 is 2.53 bits per heavy atom. The van der Waals surface area contributed by atoms with Crippen LogP contribution < -0.4 is 10.6 Å². The van der Waals surface area contributed by atoms with Crippen LogP contribution in [0.5, 0.6) is 0 Å². The van der Waals surface area contributed by atoms with Crippen molar-refractivity contribution >= 4 is 11.4 Å². The first-order chi connectivity index (χ1) is 7.43. The minimum absolute atomic E-state index is 0.158. The molecule has 2 heterocycles. The molecule has 0 bridgehead atoms. The van der Waals surface area contributed by atoms with Gasteiger partial charge in [-0.2, -0.15) is 0 Å². The van der Waals surface area contributed by atoms with Gasteiger partial charge >= 0.3 is 0 Å². The summed E-state index contributed by atoms with van der Waals surface area (Å²) in [5.41, 5.74) is 3.40. The lowest BCUT2D eigenvalue weighted by atomic mass is 10.2. The highest BCUT2D eigenvalue weighted by Gasteiger charge is 2.19. The molecule has 0 saturated heterocycles. The zero-order chi connectivity index (χ0) is 10.1. The number of nitrogens with one attached hydrogen (secondary N) is 2. The number of hydrogen-bond donors (Lipinski definition) is 2. The van der Waals surface area contributed by atoms with Gasteiger partial charge in [-0.05, 0) is 11.6 Å². The molecule has 3 nitrogen and oxygen atoms in total. The Hall–Kier alpha value is -2.03. The molecule has 0 fully saturated rings. The summed E-state index contributed by atoms with van der Waals surface area (Å²) in [6, 6.07) is 12.3. The van der Waals surface area contributed by atoms with Gasteiger partial charge in [-0.15, -0.1) is 0 Å². The second-order valence-electron chi connectivity index (χ2n) is 3.55. The molecule has 1 aromatic heterocycles. The monoisotopic (exact) mass is 197 g/mol. The topological polar surface area (TPSA) is 37.0 Å². The third-order valence-corrected chi connectivity index (χ3v) is 2.55. The Labute approximate surface area is 88.2 Å². The molecule has 1 aliphatic heterocycles. The molecule has 0 aliphatic carbocycles. The summed E-state index contributed by atoms with van der Waals surface area (Å²) in [4.78, 5) is 4.08. The molecule has 3 rings (SSSR count). The molecule has 2 N–H and O–H groups in total. The van der Waals surface area contributed by atoms with Crippen molar-refractivity contribution in [2.75, 3.05) is 10.6 Å². The van der Waals surface area contributed by atoms with Gasteiger partial charge in [0.1, 0.15) is 6.17 Å². The minimum atomic E-state index is 0.158. The number of pyridine rings is 1. The van der Waals surface area contributed by atoms with E-state index < -0.39 is 0 Å². The van der Waals surface area contributed by atoms with Crippen molar-refractivity contribution in [3.63, 3.8) is 0 Å². The van der Waals surface area contributed by atoms with E-state index in [1.807, 2.05) is 30.5 Å². The summed E-state index contributed by atoms with van der Waals surface area (Å²) < 4.78 is 0. The maximum Gasteiger partial charge on any atom is 0.123 e. The summed E-state index contributed by atoms with van der Waals surface area (Å²) >= 11 is 0. The zero-order valence-electron chi connectivity index (χ0n) is 8.14. The normalized spacial score (nSPS) is 17.7. The van der Waals surface area contributed by atoms with E-state index in [9.17, 15) is 0 Å². The standard InChI is InChI=1S/C12H11N3/c1-2-4-9(5-3-1)12-14-10-6-7-13-8-11(10)15-12/h1-8,12,14-15H. The SMILES string of the molecule is c1ccc(C2Nc3ccncc3N2)cc1. The van der Waals surface area contributed by atoms with Crippen molar-refractivity contribution in [2.45, 2.75) is 6.17 Å². The van der Waals surface area contributed by atoms with Crippen LogP contribution >= 0.6 is 0 Å². The van der Waals surface area contributed by atoms with Gasteiger partial charge in [-0.3, -0.25) is 4.98 Å². The maximum atomic E-state index is 4.08. The van der Waals surface area contributed by atoms with Gasteiger partial charge < -0.3 is 10.6 Å². The number of aromatic nitrogens is 1. The van der Waals surface area contributed by atoms with Crippen molar-refractivity contribution in [1.82, 2.24) is 4.98 Å². The van der Waals surface area contributed by atoms with E-state index in [0.717, 1.165) is 11.4 Å². The lowest BCUT2D eigenvalue weighted by Crippen LogP contribution is -2.11. The van der Waals surface area contributed by atoms with Crippen LogP contribution in [0.4, 0.5) is 11.4 Å². The quantitative estimate of drug-likeness (QED) is 0.737. The van der Waals surface area contributed by atoms with Crippen molar-refractivity contribution in [1.29, 1.82) is 0 Å². The van der Waals surface area contributed by atoms with Gasteiger partial charge in [-0.1, -0.05) is 30.3 Å². The zero-order valence-corrected chi connectivity index (χ0v) is 8.14. The van der Waals surface area contributed by atoms with Crippen LogP contribution in [0.25, 0.3) is 0 Å². The predicted molar refractivity (Wildman–Crippen MR) is 60.7 cm³/mol. The molecule has 1 atom stereocenters. The third-order valence-electron chi connectivity index (χ3n) is 2.55. The Balaban J connectivity index is 1.91. The molecule has 15 heavy (non-hydrogen) atoms. The number of benzene rings is 1. The van der Waals surface area contributed by atoms with Crippen molar-refractivity contribution < 1.29 is 0 Å². The molecular formula is C12H11N3. The first kappa shape index (κ1) is 8.29. The van der Waals surface area contributed by atoms with E-state index in [4.69, 9.17) is 0 Å². The molecule has 2 aromatic rings. The number of hydrogen-bond acceptors (Lipinski definition) is 3. The van der Waals surface area contributed by atoms with Gasteiger partial charge in [0.2, 0.25) is 0 Å². The molecule has 0 saturated carbocycles. The average molecular weight is 197 g/mol. The van der Waals surface area contributed by atoms with Crippen LogP contribution in [0.15, 0.2) is 48.8 Å². The Kier molecular flexibility index (Phi) is 1.81. The van der Waals surface area contributed by atoms with E-state index in [1.165, 1.54) is 5.56 Å². The van der Waals surface area contributed by atoms with E-state index >= 15 is 0 Å². The third kappa shape index (κ3) is 1.42. The Morgan fingerprint density at radius 2 is 1.73 bits per heavy atom. The highest BCUT2D eigenvalue weighted by Crippen LogP contribution is 2.33. The highest BCUT2D eigenvalue weighted by atomic mass is 15.2. The van der Waals surface area contributed by atoms with Crippen LogP contribution in [0.1, 0.15) is 11.7 Å². The highest BCUT2D eigenvalue weighted by molar-refractivity contribution is 5.73. The number of anilines is 2. The summed E-state index contributed by atoms with van der Waals surface area (Å²) in [5, 5.41) is 6.78. The molecule has 1 aromatic carbocycles. The Bertz CT molecular complexity index is 442. The largest absolute Gasteiger partial charge is 0.360 e. The second kappa shape index (κ2) is 3.28. The lowest BCUT2D eigenvalue weighted by Gasteiger charge is -2.11. The predicted octanol–water partition coefficient (Wildman–Crippen LogP) is 2.62. The van der Waals surface area contributed by atoms with Crippen molar-refractivity contribution in [3.05, 3.63) is 54.4 Å². The maximum absolute atomic E-state index is 4.08. The molecule has 1 unspecified atom stereocenters.